The van der Waals surface area contributed by atoms with Crippen LogP contribution in [0, 0.1) is 0 Å². The molecule has 15 aromatic rings. The fourth-order valence-corrected chi connectivity index (χ4v) is 15.6. The first-order valence-electron chi connectivity index (χ1n) is 29.7. The molecule has 0 spiro atoms. The summed E-state index contributed by atoms with van der Waals surface area (Å²) in [7, 11) is 0. The van der Waals surface area contributed by atoms with Crippen LogP contribution in [0.3, 0.4) is 0 Å². The van der Waals surface area contributed by atoms with Crippen molar-refractivity contribution in [2.75, 3.05) is 0 Å². The van der Waals surface area contributed by atoms with Crippen molar-refractivity contribution in [3.8, 4) is 89.0 Å². The first-order valence-corrected chi connectivity index (χ1v) is 29.7. The standard InChI is InChI=1S/C84H58/c1-83(2)73-40-21-20-27-57(73)58-44-41-54(48-74(58)83)79-65-32-12-16-36-69(65)81(70-37-17-13-33-66(70)79)82-71-38-18-14-34-67(71)80(68-35-15-19-39-72(68)82)56-43-46-60-59-45-42-55(49-75(59)84(3,4)76(60)50-56)78-63-30-10-8-28-61(63)77(62-29-9-11-31-64(62)78)53-26-22-25-52(47-53)51-23-6-5-7-24-51/h5-50H,1-4H3. The third kappa shape index (κ3) is 6.95. The van der Waals surface area contributed by atoms with Gasteiger partial charge in [-0.2, -0.15) is 0 Å². The zero-order valence-electron chi connectivity index (χ0n) is 47.6. The van der Waals surface area contributed by atoms with E-state index in [4.69, 9.17) is 0 Å². The molecule has 0 heterocycles. The zero-order chi connectivity index (χ0) is 56.0. The van der Waals surface area contributed by atoms with E-state index >= 15 is 0 Å². The maximum absolute atomic E-state index is 2.53. The topological polar surface area (TPSA) is 0 Å². The molecular weight excluding hydrogens is 1010 g/mol. The highest BCUT2D eigenvalue weighted by molar-refractivity contribution is 6.30. The van der Waals surface area contributed by atoms with Gasteiger partial charge in [0.2, 0.25) is 0 Å². The van der Waals surface area contributed by atoms with E-state index in [-0.39, 0.29) is 10.8 Å². The van der Waals surface area contributed by atoms with E-state index in [0.717, 1.165) is 0 Å². The van der Waals surface area contributed by atoms with Crippen molar-refractivity contribution in [3.05, 3.63) is 301 Å². The van der Waals surface area contributed by atoms with E-state index in [0.29, 0.717) is 0 Å². The molecule has 0 radical (unpaired) electrons. The average Bonchev–Trinajstić information content (AvgIpc) is 1.22. The lowest BCUT2D eigenvalue weighted by Crippen LogP contribution is -2.15. The van der Waals surface area contributed by atoms with E-state index in [9.17, 15) is 0 Å². The van der Waals surface area contributed by atoms with Crippen LogP contribution < -0.4 is 0 Å². The summed E-state index contributed by atoms with van der Waals surface area (Å²) in [6, 6.07) is 105. The molecule has 0 atom stereocenters. The van der Waals surface area contributed by atoms with Gasteiger partial charge in [0.25, 0.3) is 0 Å². The first kappa shape index (κ1) is 48.6. The Kier molecular flexibility index (Phi) is 10.5. The fourth-order valence-electron chi connectivity index (χ4n) is 15.6. The molecular formula is C84H58. The predicted molar refractivity (Wildman–Crippen MR) is 359 cm³/mol. The average molecular weight is 1070 g/mol. The van der Waals surface area contributed by atoms with Crippen LogP contribution >= 0.6 is 0 Å². The Morgan fingerprint density at radius 2 is 0.417 bits per heavy atom. The number of rotatable bonds is 6. The molecule has 2 aliphatic carbocycles. The summed E-state index contributed by atoms with van der Waals surface area (Å²) in [5, 5.41) is 15.1. The van der Waals surface area contributed by atoms with Crippen molar-refractivity contribution < 1.29 is 0 Å². The SMILES string of the molecule is CC1(C)c2ccccc2-c2ccc(-c3c4ccccc4c(-c4c5ccccc5c(-c5ccc6c(c5)C(C)(C)c5cc(-c7c8ccccc8c(-c8cccc(-c9ccccc9)c8)c8ccccc78)ccc5-6)c5ccccc45)c4ccccc34)cc21. The molecule has 394 valence electrons. The van der Waals surface area contributed by atoms with E-state index < -0.39 is 0 Å². The lowest BCUT2D eigenvalue weighted by Gasteiger charge is -2.25. The van der Waals surface area contributed by atoms with Crippen molar-refractivity contribution in [3.63, 3.8) is 0 Å². The molecule has 0 unspecified atom stereocenters. The second kappa shape index (κ2) is 18.2. The quantitative estimate of drug-likeness (QED) is 0.146. The Labute approximate surface area is 490 Å². The van der Waals surface area contributed by atoms with Gasteiger partial charge in [0, 0.05) is 10.8 Å². The van der Waals surface area contributed by atoms with E-state index in [2.05, 4.69) is 307 Å². The summed E-state index contributed by atoms with van der Waals surface area (Å²) in [4.78, 5) is 0. The molecule has 0 saturated carbocycles. The molecule has 0 bridgehead atoms. The van der Waals surface area contributed by atoms with Gasteiger partial charge in [-0.3, -0.25) is 0 Å². The molecule has 0 nitrogen and oxygen atoms in total. The summed E-state index contributed by atoms with van der Waals surface area (Å²) in [5.74, 6) is 0. The number of hydrogen-bond acceptors (Lipinski definition) is 0. The molecule has 0 N–H and O–H groups in total. The van der Waals surface area contributed by atoms with Crippen LogP contribution in [0.1, 0.15) is 49.9 Å². The number of benzene rings is 15. The van der Waals surface area contributed by atoms with Crippen molar-refractivity contribution in [1.29, 1.82) is 0 Å². The first-order chi connectivity index (χ1) is 41.2. The minimum Gasteiger partial charge on any atom is -0.0622 e. The van der Waals surface area contributed by atoms with Crippen molar-refractivity contribution in [2.24, 2.45) is 0 Å². The van der Waals surface area contributed by atoms with Crippen molar-refractivity contribution >= 4 is 64.6 Å². The Morgan fingerprint density at radius 3 is 0.774 bits per heavy atom. The van der Waals surface area contributed by atoms with Gasteiger partial charge < -0.3 is 0 Å². The molecule has 0 heteroatoms. The van der Waals surface area contributed by atoms with Gasteiger partial charge in [-0.15, -0.1) is 0 Å². The highest BCUT2D eigenvalue weighted by Crippen LogP contribution is 2.56. The lowest BCUT2D eigenvalue weighted by molar-refractivity contribution is 0.660. The van der Waals surface area contributed by atoms with Crippen LogP contribution in [0.25, 0.3) is 154 Å². The molecule has 0 fully saturated rings. The second-order valence-corrected chi connectivity index (χ2v) is 24.5. The minimum atomic E-state index is -0.274. The maximum Gasteiger partial charge on any atom is 0.0159 e. The van der Waals surface area contributed by atoms with Gasteiger partial charge >= 0.3 is 0 Å². The van der Waals surface area contributed by atoms with Gasteiger partial charge in [0.15, 0.2) is 0 Å². The minimum absolute atomic E-state index is 0.105. The molecule has 0 amide bonds. The Hall–Kier alpha value is -10.1. The fraction of sp³-hybridized carbons (Fsp3) is 0.0714. The monoisotopic (exact) mass is 1070 g/mol. The van der Waals surface area contributed by atoms with Gasteiger partial charge in [0.1, 0.15) is 0 Å². The summed E-state index contributed by atoms with van der Waals surface area (Å²) >= 11 is 0. The van der Waals surface area contributed by atoms with Crippen LogP contribution in [-0.4, -0.2) is 0 Å². The summed E-state index contributed by atoms with van der Waals surface area (Å²) in [6.07, 6.45) is 0. The van der Waals surface area contributed by atoms with Crippen LogP contribution in [0.4, 0.5) is 0 Å². The molecule has 0 aliphatic heterocycles. The molecule has 15 aromatic carbocycles. The van der Waals surface area contributed by atoms with Crippen molar-refractivity contribution in [1.82, 2.24) is 0 Å². The van der Waals surface area contributed by atoms with E-state index in [1.54, 1.807) is 0 Å². The number of hydrogen-bond donors (Lipinski definition) is 0. The maximum atomic E-state index is 2.53. The van der Waals surface area contributed by atoms with Gasteiger partial charge in [-0.05, 0) is 200 Å². The third-order valence-corrected chi connectivity index (χ3v) is 19.4. The number of fused-ring (bicyclic) bond motifs is 12. The van der Waals surface area contributed by atoms with E-state index in [1.165, 1.54) is 176 Å². The van der Waals surface area contributed by atoms with E-state index in [1.807, 2.05) is 0 Å². The third-order valence-electron chi connectivity index (χ3n) is 19.4. The Bertz CT molecular complexity index is 5130. The largest absolute Gasteiger partial charge is 0.0622 e. The van der Waals surface area contributed by atoms with Crippen LogP contribution in [0.5, 0.6) is 0 Å². The highest BCUT2D eigenvalue weighted by atomic mass is 14.4. The highest BCUT2D eigenvalue weighted by Gasteiger charge is 2.38. The molecule has 0 saturated heterocycles. The van der Waals surface area contributed by atoms with Crippen molar-refractivity contribution in [2.45, 2.75) is 38.5 Å². The summed E-state index contributed by atoms with van der Waals surface area (Å²) < 4.78 is 0. The van der Waals surface area contributed by atoms with Crippen LogP contribution in [0.2, 0.25) is 0 Å². The molecule has 17 rings (SSSR count). The predicted octanol–water partition coefficient (Wildman–Crippen LogP) is 23.2. The molecule has 0 aromatic heterocycles. The van der Waals surface area contributed by atoms with Gasteiger partial charge in [-0.25, -0.2) is 0 Å². The molecule has 2 aliphatic rings. The molecule has 84 heavy (non-hydrogen) atoms. The van der Waals surface area contributed by atoms with Gasteiger partial charge in [-0.1, -0.05) is 282 Å². The summed E-state index contributed by atoms with van der Waals surface area (Å²) in [6.45, 7) is 9.64. The normalized spacial score (nSPS) is 13.7. The Morgan fingerprint density at radius 1 is 0.167 bits per heavy atom. The summed E-state index contributed by atoms with van der Waals surface area (Å²) in [5.41, 5.74) is 25.6. The van der Waals surface area contributed by atoms with Crippen LogP contribution in [0.15, 0.2) is 279 Å². The Balaban J connectivity index is 0.814. The lowest BCUT2D eigenvalue weighted by atomic mass is 9.78. The van der Waals surface area contributed by atoms with Crippen LogP contribution in [-0.2, 0) is 10.8 Å². The smallest absolute Gasteiger partial charge is 0.0159 e. The van der Waals surface area contributed by atoms with Gasteiger partial charge in [0.05, 0.1) is 0 Å². The zero-order valence-corrected chi connectivity index (χ0v) is 47.6. The second-order valence-electron chi connectivity index (χ2n) is 24.5.